The van der Waals surface area contributed by atoms with Crippen molar-refractivity contribution in [1.82, 2.24) is 14.5 Å². The second-order valence-electron chi connectivity index (χ2n) is 8.27. The van der Waals surface area contributed by atoms with E-state index in [2.05, 4.69) is 10.2 Å². The third-order valence-electron chi connectivity index (χ3n) is 6.32. The molecule has 0 spiro atoms. The molecule has 2 fully saturated rings. The van der Waals surface area contributed by atoms with E-state index in [1.54, 1.807) is 22.5 Å². The van der Waals surface area contributed by atoms with Crippen LogP contribution in [0.3, 0.4) is 0 Å². The van der Waals surface area contributed by atoms with Crippen LogP contribution in [0, 0.1) is 0 Å². The van der Waals surface area contributed by atoms with Gasteiger partial charge in [-0.05, 0) is 31.4 Å². The van der Waals surface area contributed by atoms with Crippen LogP contribution in [0.25, 0.3) is 0 Å². The number of piperazine rings is 1. The zero-order valence-corrected chi connectivity index (χ0v) is 21.1. The Hall–Kier alpha value is -0.570. The van der Waals surface area contributed by atoms with E-state index in [1.807, 2.05) is 6.92 Å². The van der Waals surface area contributed by atoms with Crippen LogP contribution in [0.2, 0.25) is 10.0 Å². The number of amides is 1. The van der Waals surface area contributed by atoms with Crippen molar-refractivity contribution in [3.05, 3.63) is 33.8 Å². The van der Waals surface area contributed by atoms with E-state index in [9.17, 15) is 13.2 Å². The maximum atomic E-state index is 12.8. The normalized spacial score (nSPS) is 20.1. The minimum absolute atomic E-state index is 0. The highest BCUT2D eigenvalue weighted by molar-refractivity contribution is 7.89. The van der Waals surface area contributed by atoms with Gasteiger partial charge in [0.05, 0.1) is 21.4 Å². The molecule has 10 heteroatoms. The number of nitrogens with one attached hydrogen (secondary N) is 1. The summed E-state index contributed by atoms with van der Waals surface area (Å²) in [6, 6.07) is 5.04. The summed E-state index contributed by atoms with van der Waals surface area (Å²) in [5.41, 5.74) is 0.157. The maximum absolute atomic E-state index is 12.8. The van der Waals surface area contributed by atoms with Crippen LogP contribution in [-0.2, 0) is 10.0 Å². The molecule has 1 saturated heterocycles. The highest BCUT2D eigenvalue weighted by Crippen LogP contribution is 2.34. The minimum Gasteiger partial charge on any atom is -0.350 e. The second kappa shape index (κ2) is 11.5. The average molecular weight is 513 g/mol. The second-order valence-corrected chi connectivity index (χ2v) is 11.2. The van der Waals surface area contributed by atoms with Gasteiger partial charge in [0.2, 0.25) is 10.0 Å². The predicted octanol–water partition coefficient (Wildman–Crippen LogP) is 4.21. The Bertz CT molecular complexity index is 832. The topological polar surface area (TPSA) is 69.7 Å². The molecule has 6 nitrogen and oxygen atoms in total. The molecule has 1 aromatic carbocycles. The molecule has 1 aliphatic heterocycles. The first kappa shape index (κ1) is 26.7. The average Bonchev–Trinajstić information content (AvgIpc) is 2.73. The molecule has 0 aromatic heterocycles. The van der Waals surface area contributed by atoms with E-state index < -0.39 is 10.0 Å². The van der Waals surface area contributed by atoms with Crippen molar-refractivity contribution in [2.45, 2.75) is 51.0 Å². The smallest absolute Gasteiger partial charge is 0.254 e. The van der Waals surface area contributed by atoms with Crippen LogP contribution >= 0.6 is 35.6 Å². The fraction of sp³-hybridized carbons (Fsp3) is 0.667. The number of rotatable bonds is 7. The zero-order chi connectivity index (χ0) is 21.8. The van der Waals surface area contributed by atoms with Crippen LogP contribution in [0.4, 0.5) is 0 Å². The Morgan fingerprint density at radius 1 is 1.06 bits per heavy atom. The van der Waals surface area contributed by atoms with Crippen molar-refractivity contribution >= 4 is 51.5 Å². The molecular weight excluding hydrogens is 481 g/mol. The van der Waals surface area contributed by atoms with Crippen LogP contribution < -0.4 is 5.32 Å². The van der Waals surface area contributed by atoms with Crippen LogP contribution in [-0.4, -0.2) is 67.5 Å². The quantitative estimate of drug-likeness (QED) is 0.594. The molecule has 1 aromatic rings. The first-order valence-electron chi connectivity index (χ1n) is 10.7. The van der Waals surface area contributed by atoms with Gasteiger partial charge in [-0.2, -0.15) is 4.31 Å². The predicted molar refractivity (Wildman–Crippen MR) is 129 cm³/mol. The van der Waals surface area contributed by atoms with E-state index in [1.165, 1.54) is 6.42 Å². The summed E-state index contributed by atoms with van der Waals surface area (Å²) in [4.78, 5) is 15.2. The lowest BCUT2D eigenvalue weighted by Crippen LogP contribution is -2.62. The SMILES string of the molecule is CCCS(=O)(=O)N1CCN(C2(CNC(=O)c3c(Cl)cccc3Cl)CCCCC2)CC1.Cl. The molecule has 0 bridgehead atoms. The highest BCUT2D eigenvalue weighted by Gasteiger charge is 2.41. The molecule has 1 amide bonds. The first-order chi connectivity index (χ1) is 14.3. The molecular formula is C21H32Cl3N3O3S. The van der Waals surface area contributed by atoms with Crippen LogP contribution in [0.1, 0.15) is 55.8 Å². The van der Waals surface area contributed by atoms with E-state index in [0.717, 1.165) is 25.7 Å². The summed E-state index contributed by atoms with van der Waals surface area (Å²) in [6.45, 7) is 4.79. The molecule has 3 rings (SSSR count). The van der Waals surface area contributed by atoms with E-state index in [0.29, 0.717) is 54.8 Å². The molecule has 1 saturated carbocycles. The number of hydrogen-bond acceptors (Lipinski definition) is 4. The van der Waals surface area contributed by atoms with E-state index >= 15 is 0 Å². The fourth-order valence-electron chi connectivity index (χ4n) is 4.69. The largest absolute Gasteiger partial charge is 0.350 e. The molecule has 1 heterocycles. The summed E-state index contributed by atoms with van der Waals surface area (Å²) in [5, 5.41) is 3.75. The summed E-state index contributed by atoms with van der Waals surface area (Å²) in [7, 11) is -3.17. The summed E-state index contributed by atoms with van der Waals surface area (Å²) in [6.07, 6.45) is 6.02. The Morgan fingerprint density at radius 2 is 1.65 bits per heavy atom. The van der Waals surface area contributed by atoms with Gasteiger partial charge >= 0.3 is 0 Å². The fourth-order valence-corrected chi connectivity index (χ4v) is 6.75. The highest BCUT2D eigenvalue weighted by atomic mass is 35.5. The number of nitrogens with zero attached hydrogens (tertiary/aromatic N) is 2. The lowest BCUT2D eigenvalue weighted by Gasteiger charge is -2.49. The number of hydrogen-bond donors (Lipinski definition) is 1. The molecule has 0 unspecified atom stereocenters. The first-order valence-corrected chi connectivity index (χ1v) is 13.1. The monoisotopic (exact) mass is 511 g/mol. The molecule has 2 aliphatic rings. The van der Waals surface area contributed by atoms with Gasteiger partial charge in [0.1, 0.15) is 0 Å². The number of carbonyl (C=O) groups is 1. The Kier molecular flexibility index (Phi) is 9.92. The molecule has 1 N–H and O–H groups in total. The van der Waals surface area contributed by atoms with Gasteiger partial charge in [0, 0.05) is 38.3 Å². The number of carbonyl (C=O) groups excluding carboxylic acids is 1. The number of halogens is 3. The van der Waals surface area contributed by atoms with Crippen molar-refractivity contribution in [3.63, 3.8) is 0 Å². The standard InChI is InChI=1S/C21H31Cl2N3O3S.ClH/c1-2-15-30(28,29)26-13-11-25(12-14-26)21(9-4-3-5-10-21)16-24-20(27)19-17(22)7-6-8-18(19)23;/h6-8H,2-5,9-16H2,1H3,(H,24,27);1H. The maximum Gasteiger partial charge on any atom is 0.254 e. The van der Waals surface area contributed by atoms with Gasteiger partial charge in [-0.3, -0.25) is 9.69 Å². The van der Waals surface area contributed by atoms with Crippen molar-refractivity contribution in [3.8, 4) is 0 Å². The summed E-state index contributed by atoms with van der Waals surface area (Å²) >= 11 is 12.4. The molecule has 1 aliphatic carbocycles. The molecule has 0 atom stereocenters. The van der Waals surface area contributed by atoms with Gasteiger partial charge < -0.3 is 5.32 Å². The summed E-state index contributed by atoms with van der Waals surface area (Å²) < 4.78 is 26.4. The molecule has 176 valence electrons. The van der Waals surface area contributed by atoms with Crippen molar-refractivity contribution in [1.29, 1.82) is 0 Å². The third kappa shape index (κ3) is 6.27. The van der Waals surface area contributed by atoms with Crippen molar-refractivity contribution in [2.75, 3.05) is 38.5 Å². The zero-order valence-electron chi connectivity index (χ0n) is 17.9. The van der Waals surface area contributed by atoms with Crippen LogP contribution in [0.15, 0.2) is 18.2 Å². The summed E-state index contributed by atoms with van der Waals surface area (Å²) in [5.74, 6) is -0.0630. The minimum atomic E-state index is -3.17. The van der Waals surface area contributed by atoms with Gasteiger partial charge in [-0.15, -0.1) is 12.4 Å². The number of sulfonamides is 1. The van der Waals surface area contributed by atoms with E-state index in [4.69, 9.17) is 23.2 Å². The van der Waals surface area contributed by atoms with Gasteiger partial charge in [0.15, 0.2) is 0 Å². The lowest BCUT2D eigenvalue weighted by molar-refractivity contribution is 0.0240. The van der Waals surface area contributed by atoms with E-state index in [-0.39, 0.29) is 29.6 Å². The molecule has 0 radical (unpaired) electrons. The Labute approximate surface area is 202 Å². The Balaban J connectivity index is 0.00000341. The van der Waals surface area contributed by atoms with Crippen LogP contribution in [0.5, 0.6) is 0 Å². The molecule has 31 heavy (non-hydrogen) atoms. The van der Waals surface area contributed by atoms with Gasteiger partial charge in [-0.1, -0.05) is 55.5 Å². The lowest BCUT2D eigenvalue weighted by atomic mass is 9.79. The van der Waals surface area contributed by atoms with Crippen molar-refractivity contribution < 1.29 is 13.2 Å². The number of benzene rings is 1. The third-order valence-corrected chi connectivity index (χ3v) is 9.02. The van der Waals surface area contributed by atoms with Gasteiger partial charge in [-0.25, -0.2) is 8.42 Å². The van der Waals surface area contributed by atoms with Crippen molar-refractivity contribution in [2.24, 2.45) is 0 Å². The van der Waals surface area contributed by atoms with Gasteiger partial charge in [0.25, 0.3) is 5.91 Å². The Morgan fingerprint density at radius 3 is 2.19 bits per heavy atom.